The van der Waals surface area contributed by atoms with Crippen LogP contribution >= 0.6 is 0 Å². The number of rotatable bonds is 4. The van der Waals surface area contributed by atoms with Gasteiger partial charge < -0.3 is 9.64 Å². The number of halogens is 2. The first-order valence-corrected chi connectivity index (χ1v) is 8.04. The van der Waals surface area contributed by atoms with Gasteiger partial charge in [-0.25, -0.2) is 8.78 Å². The van der Waals surface area contributed by atoms with Crippen molar-refractivity contribution >= 4 is 5.91 Å². The Morgan fingerprint density at radius 1 is 1.00 bits per heavy atom. The summed E-state index contributed by atoms with van der Waals surface area (Å²) in [5.41, 5.74) is 0.630. The zero-order valence-corrected chi connectivity index (χ0v) is 13.3. The van der Waals surface area contributed by atoms with E-state index in [1.165, 1.54) is 11.0 Å². The first-order chi connectivity index (χ1) is 11.6. The van der Waals surface area contributed by atoms with Crippen molar-refractivity contribution in [2.45, 2.75) is 25.6 Å². The highest BCUT2D eigenvalue weighted by Gasteiger charge is 2.27. The van der Waals surface area contributed by atoms with Gasteiger partial charge in [0.05, 0.1) is 12.7 Å². The van der Waals surface area contributed by atoms with Crippen molar-refractivity contribution in [3.63, 3.8) is 0 Å². The summed E-state index contributed by atoms with van der Waals surface area (Å²) in [7, 11) is 0. The number of ether oxygens (including phenoxy) is 1. The van der Waals surface area contributed by atoms with Crippen LogP contribution in [-0.4, -0.2) is 30.0 Å². The maximum atomic E-state index is 13.7. The van der Waals surface area contributed by atoms with E-state index in [4.69, 9.17) is 4.74 Å². The molecule has 0 unspecified atom stereocenters. The second kappa shape index (κ2) is 7.53. The lowest BCUT2D eigenvalue weighted by Gasteiger charge is -2.32. The van der Waals surface area contributed by atoms with Gasteiger partial charge in [-0.05, 0) is 30.5 Å². The number of carbonyl (C=O) groups excluding carboxylic acids is 1. The summed E-state index contributed by atoms with van der Waals surface area (Å²) in [6.07, 6.45) is 1.38. The first kappa shape index (κ1) is 16.6. The van der Waals surface area contributed by atoms with Crippen LogP contribution in [0.1, 0.15) is 28.8 Å². The average Bonchev–Trinajstić information content (AvgIpc) is 2.61. The number of hydrogen-bond acceptors (Lipinski definition) is 2. The molecule has 2 aromatic carbocycles. The van der Waals surface area contributed by atoms with E-state index < -0.39 is 23.1 Å². The van der Waals surface area contributed by atoms with E-state index in [0.717, 1.165) is 17.7 Å². The van der Waals surface area contributed by atoms with Crippen LogP contribution < -0.4 is 0 Å². The zero-order chi connectivity index (χ0) is 16.9. The standard InChI is InChI=1S/C19H19F2NO2/c20-16-7-4-8-17(21)18(16)19(23)22-11-9-15(10-12-22)24-13-14-5-2-1-3-6-14/h1-8,15H,9-13H2. The third-order valence-corrected chi connectivity index (χ3v) is 4.23. The van der Waals surface area contributed by atoms with E-state index in [0.29, 0.717) is 32.5 Å². The van der Waals surface area contributed by atoms with Crippen LogP contribution in [0.15, 0.2) is 48.5 Å². The average molecular weight is 331 g/mol. The highest BCUT2D eigenvalue weighted by atomic mass is 19.1. The lowest BCUT2D eigenvalue weighted by atomic mass is 10.1. The Kier molecular flexibility index (Phi) is 5.20. The molecule has 1 amide bonds. The molecule has 1 aliphatic heterocycles. The molecule has 0 aliphatic carbocycles. The van der Waals surface area contributed by atoms with Crippen molar-refractivity contribution in [3.05, 3.63) is 71.3 Å². The molecule has 1 heterocycles. The van der Waals surface area contributed by atoms with Gasteiger partial charge in [0.15, 0.2) is 0 Å². The maximum Gasteiger partial charge on any atom is 0.259 e. The molecular formula is C19H19F2NO2. The predicted octanol–water partition coefficient (Wildman–Crippen LogP) is 3.79. The zero-order valence-electron chi connectivity index (χ0n) is 13.3. The molecule has 0 aromatic heterocycles. The van der Waals surface area contributed by atoms with Crippen molar-refractivity contribution in [1.29, 1.82) is 0 Å². The van der Waals surface area contributed by atoms with Gasteiger partial charge in [-0.1, -0.05) is 36.4 Å². The van der Waals surface area contributed by atoms with E-state index >= 15 is 0 Å². The molecule has 0 spiro atoms. The molecule has 1 saturated heterocycles. The molecular weight excluding hydrogens is 312 g/mol. The molecule has 2 aromatic rings. The van der Waals surface area contributed by atoms with Gasteiger partial charge in [0.1, 0.15) is 17.2 Å². The smallest absolute Gasteiger partial charge is 0.259 e. The molecule has 0 atom stereocenters. The van der Waals surface area contributed by atoms with E-state index in [2.05, 4.69) is 0 Å². The third-order valence-electron chi connectivity index (χ3n) is 4.23. The molecule has 0 radical (unpaired) electrons. The van der Waals surface area contributed by atoms with Crippen LogP contribution in [0, 0.1) is 11.6 Å². The second-order valence-corrected chi connectivity index (χ2v) is 5.88. The summed E-state index contributed by atoms with van der Waals surface area (Å²) >= 11 is 0. The fraction of sp³-hybridized carbons (Fsp3) is 0.316. The summed E-state index contributed by atoms with van der Waals surface area (Å²) in [4.78, 5) is 13.8. The minimum absolute atomic E-state index is 0.0553. The lowest BCUT2D eigenvalue weighted by Crippen LogP contribution is -2.41. The molecule has 1 aliphatic rings. The third kappa shape index (κ3) is 3.79. The van der Waals surface area contributed by atoms with Crippen LogP contribution in [0.3, 0.4) is 0 Å². The highest BCUT2D eigenvalue weighted by molar-refractivity contribution is 5.94. The molecule has 1 fully saturated rings. The number of benzene rings is 2. The Balaban J connectivity index is 1.54. The molecule has 24 heavy (non-hydrogen) atoms. The summed E-state index contributed by atoms with van der Waals surface area (Å²) in [5.74, 6) is -2.22. The van der Waals surface area contributed by atoms with Crippen LogP contribution in [0.2, 0.25) is 0 Å². The Labute approximate surface area is 139 Å². The molecule has 5 heteroatoms. The summed E-state index contributed by atoms with van der Waals surface area (Å²) in [6.45, 7) is 1.40. The predicted molar refractivity (Wildman–Crippen MR) is 86.5 cm³/mol. The maximum absolute atomic E-state index is 13.7. The minimum Gasteiger partial charge on any atom is -0.373 e. The normalized spacial score (nSPS) is 15.5. The minimum atomic E-state index is -0.817. The Morgan fingerprint density at radius 2 is 1.62 bits per heavy atom. The van der Waals surface area contributed by atoms with Gasteiger partial charge in [0.25, 0.3) is 5.91 Å². The Morgan fingerprint density at radius 3 is 2.25 bits per heavy atom. The summed E-state index contributed by atoms with van der Waals surface area (Å²) < 4.78 is 33.3. The molecule has 3 rings (SSSR count). The van der Waals surface area contributed by atoms with Gasteiger partial charge in [0, 0.05) is 13.1 Å². The van der Waals surface area contributed by atoms with Crippen molar-refractivity contribution < 1.29 is 18.3 Å². The number of nitrogens with zero attached hydrogens (tertiary/aromatic N) is 1. The van der Waals surface area contributed by atoms with Crippen molar-refractivity contribution in [2.24, 2.45) is 0 Å². The number of amides is 1. The van der Waals surface area contributed by atoms with E-state index in [-0.39, 0.29) is 6.10 Å². The fourth-order valence-corrected chi connectivity index (χ4v) is 2.87. The lowest BCUT2D eigenvalue weighted by molar-refractivity contribution is -0.000566. The quantitative estimate of drug-likeness (QED) is 0.853. The fourth-order valence-electron chi connectivity index (χ4n) is 2.87. The van der Waals surface area contributed by atoms with E-state index in [1.807, 2.05) is 30.3 Å². The van der Waals surface area contributed by atoms with E-state index in [9.17, 15) is 13.6 Å². The first-order valence-electron chi connectivity index (χ1n) is 8.04. The number of carbonyl (C=O) groups is 1. The molecule has 126 valence electrons. The summed E-state index contributed by atoms with van der Waals surface area (Å²) in [5, 5.41) is 0. The van der Waals surface area contributed by atoms with Gasteiger partial charge in [-0.3, -0.25) is 4.79 Å². The topological polar surface area (TPSA) is 29.5 Å². The second-order valence-electron chi connectivity index (χ2n) is 5.88. The van der Waals surface area contributed by atoms with E-state index in [1.54, 1.807) is 0 Å². The SMILES string of the molecule is O=C(c1c(F)cccc1F)N1CCC(OCc2ccccc2)CC1. The van der Waals surface area contributed by atoms with Crippen LogP contribution in [-0.2, 0) is 11.3 Å². The van der Waals surface area contributed by atoms with Gasteiger partial charge in [0.2, 0.25) is 0 Å². The van der Waals surface area contributed by atoms with Crippen LogP contribution in [0.25, 0.3) is 0 Å². The Bertz CT molecular complexity index is 678. The largest absolute Gasteiger partial charge is 0.373 e. The number of hydrogen-bond donors (Lipinski definition) is 0. The number of piperidine rings is 1. The van der Waals surface area contributed by atoms with Crippen LogP contribution in [0.4, 0.5) is 8.78 Å². The van der Waals surface area contributed by atoms with Crippen molar-refractivity contribution in [3.8, 4) is 0 Å². The highest BCUT2D eigenvalue weighted by Crippen LogP contribution is 2.20. The van der Waals surface area contributed by atoms with Gasteiger partial charge in [-0.2, -0.15) is 0 Å². The van der Waals surface area contributed by atoms with Crippen molar-refractivity contribution in [2.75, 3.05) is 13.1 Å². The summed E-state index contributed by atoms with van der Waals surface area (Å²) in [6, 6.07) is 13.3. The number of likely N-dealkylation sites (tertiary alicyclic amines) is 1. The van der Waals surface area contributed by atoms with Crippen molar-refractivity contribution in [1.82, 2.24) is 4.90 Å². The molecule has 0 N–H and O–H groups in total. The molecule has 0 saturated carbocycles. The van der Waals surface area contributed by atoms with Gasteiger partial charge >= 0.3 is 0 Å². The van der Waals surface area contributed by atoms with Gasteiger partial charge in [-0.15, -0.1) is 0 Å². The van der Waals surface area contributed by atoms with Crippen LogP contribution in [0.5, 0.6) is 0 Å². The molecule has 3 nitrogen and oxygen atoms in total. The monoisotopic (exact) mass is 331 g/mol. The Hall–Kier alpha value is -2.27. The molecule has 0 bridgehead atoms.